The fraction of sp³-hybridized carbons (Fsp3) is 0.667. The van der Waals surface area contributed by atoms with E-state index < -0.39 is 0 Å². The Morgan fingerprint density at radius 2 is 2.16 bits per heavy atom. The zero-order valence-electron chi connectivity index (χ0n) is 11.7. The van der Waals surface area contributed by atoms with Gasteiger partial charge < -0.3 is 10.6 Å². The number of hydrogen-bond acceptors (Lipinski definition) is 3. The van der Waals surface area contributed by atoms with Crippen LogP contribution in [0.4, 0.5) is 0 Å². The molecule has 0 fully saturated rings. The molecule has 1 heterocycles. The number of hydrogen-bond donors (Lipinski definition) is 2. The van der Waals surface area contributed by atoms with Crippen LogP contribution in [-0.4, -0.2) is 34.8 Å². The van der Waals surface area contributed by atoms with E-state index in [4.69, 9.17) is 0 Å². The predicted molar refractivity (Wildman–Crippen MR) is 82.2 cm³/mol. The van der Waals surface area contributed by atoms with Crippen LogP contribution in [0.2, 0.25) is 0 Å². The second-order valence-corrected chi connectivity index (χ2v) is 4.29. The maximum Gasteiger partial charge on any atom is 0.220 e. The lowest BCUT2D eigenvalue weighted by Gasteiger charge is -2.12. The molecule has 0 aromatic carbocycles. The predicted octanol–water partition coefficient (Wildman–Crippen LogP) is 1.31. The first-order valence-electron chi connectivity index (χ1n) is 6.09. The first kappa shape index (κ1) is 20.5. The summed E-state index contributed by atoms with van der Waals surface area (Å²) in [4.78, 5) is 11.6. The van der Waals surface area contributed by atoms with Gasteiger partial charge in [-0.05, 0) is 25.5 Å². The van der Waals surface area contributed by atoms with Crippen LogP contribution in [0.5, 0.6) is 0 Å². The van der Waals surface area contributed by atoms with Crippen molar-refractivity contribution in [2.45, 2.75) is 32.7 Å². The van der Waals surface area contributed by atoms with Gasteiger partial charge in [-0.2, -0.15) is 5.10 Å². The number of carbonyl (C=O) groups is 1. The quantitative estimate of drug-likeness (QED) is 0.798. The van der Waals surface area contributed by atoms with Crippen molar-refractivity contribution in [2.24, 2.45) is 7.05 Å². The molecule has 5 nitrogen and oxygen atoms in total. The average molecular weight is 311 g/mol. The van der Waals surface area contributed by atoms with Crippen molar-refractivity contribution in [1.82, 2.24) is 20.4 Å². The second kappa shape index (κ2) is 11.1. The van der Waals surface area contributed by atoms with Gasteiger partial charge in [0.15, 0.2) is 0 Å². The SMILES string of the molecule is CCN[C@H](C)CNC(=O)CCc1cnn(C)c1.Cl.Cl. The molecule has 7 heteroatoms. The van der Waals surface area contributed by atoms with Gasteiger partial charge >= 0.3 is 0 Å². The summed E-state index contributed by atoms with van der Waals surface area (Å²) in [5, 5.41) is 10.2. The Morgan fingerprint density at radius 1 is 1.47 bits per heavy atom. The number of nitrogens with zero attached hydrogens (tertiary/aromatic N) is 2. The lowest BCUT2D eigenvalue weighted by atomic mass is 10.2. The zero-order valence-corrected chi connectivity index (χ0v) is 13.3. The number of halogens is 2. The van der Waals surface area contributed by atoms with Crippen molar-refractivity contribution in [3.8, 4) is 0 Å². The Morgan fingerprint density at radius 3 is 2.68 bits per heavy atom. The van der Waals surface area contributed by atoms with E-state index in [1.54, 1.807) is 10.9 Å². The molecular weight excluding hydrogens is 287 g/mol. The molecule has 1 atom stereocenters. The summed E-state index contributed by atoms with van der Waals surface area (Å²) in [5.74, 6) is 0.0959. The van der Waals surface area contributed by atoms with E-state index in [1.165, 1.54) is 0 Å². The Hall–Kier alpha value is -0.780. The highest BCUT2D eigenvalue weighted by atomic mass is 35.5. The highest BCUT2D eigenvalue weighted by Gasteiger charge is 2.05. The van der Waals surface area contributed by atoms with E-state index in [0.717, 1.165) is 18.5 Å². The van der Waals surface area contributed by atoms with Crippen molar-refractivity contribution in [3.05, 3.63) is 18.0 Å². The van der Waals surface area contributed by atoms with Crippen LogP contribution in [-0.2, 0) is 18.3 Å². The third kappa shape index (κ3) is 8.86. The largest absolute Gasteiger partial charge is 0.355 e. The number of nitrogens with one attached hydrogen (secondary N) is 2. The lowest BCUT2D eigenvalue weighted by molar-refractivity contribution is -0.121. The summed E-state index contributed by atoms with van der Waals surface area (Å²) in [5.41, 5.74) is 1.10. The summed E-state index contributed by atoms with van der Waals surface area (Å²) < 4.78 is 1.75. The number of amides is 1. The van der Waals surface area contributed by atoms with E-state index in [1.807, 2.05) is 13.2 Å². The molecule has 0 aliphatic rings. The molecular formula is C12H24Cl2N4O. The maximum atomic E-state index is 11.6. The molecule has 0 unspecified atom stereocenters. The fourth-order valence-electron chi connectivity index (χ4n) is 1.63. The smallest absolute Gasteiger partial charge is 0.220 e. The fourth-order valence-corrected chi connectivity index (χ4v) is 1.63. The number of likely N-dealkylation sites (N-methyl/N-ethyl adjacent to an activating group) is 1. The van der Waals surface area contributed by atoms with Gasteiger partial charge in [-0.3, -0.25) is 9.48 Å². The van der Waals surface area contributed by atoms with Crippen molar-refractivity contribution in [2.75, 3.05) is 13.1 Å². The third-order valence-corrected chi connectivity index (χ3v) is 2.56. The molecule has 19 heavy (non-hydrogen) atoms. The van der Waals surface area contributed by atoms with Crippen LogP contribution in [0.25, 0.3) is 0 Å². The van der Waals surface area contributed by atoms with Gasteiger partial charge in [0, 0.05) is 32.3 Å². The van der Waals surface area contributed by atoms with Crippen LogP contribution in [0.1, 0.15) is 25.8 Å². The molecule has 0 radical (unpaired) electrons. The van der Waals surface area contributed by atoms with Gasteiger partial charge in [0.1, 0.15) is 0 Å². The number of carbonyl (C=O) groups excluding carboxylic acids is 1. The molecule has 1 aromatic heterocycles. The minimum absolute atomic E-state index is 0. The third-order valence-electron chi connectivity index (χ3n) is 2.56. The van der Waals surface area contributed by atoms with Crippen LogP contribution in [0.3, 0.4) is 0 Å². The summed E-state index contributed by atoms with van der Waals surface area (Å²) in [6.07, 6.45) is 5.00. The molecule has 0 bridgehead atoms. The van der Waals surface area contributed by atoms with E-state index in [9.17, 15) is 4.79 Å². The van der Waals surface area contributed by atoms with Crippen LogP contribution >= 0.6 is 24.8 Å². The Kier molecular flexibility index (Phi) is 12.0. The average Bonchev–Trinajstić information content (AvgIpc) is 2.70. The van der Waals surface area contributed by atoms with Gasteiger partial charge in [-0.15, -0.1) is 24.8 Å². The molecule has 0 saturated carbocycles. The minimum atomic E-state index is 0. The Bertz CT molecular complexity index is 357. The summed E-state index contributed by atoms with van der Waals surface area (Å²) in [6, 6.07) is 0.322. The Labute approximate surface area is 127 Å². The molecule has 1 aromatic rings. The molecule has 0 aliphatic heterocycles. The van der Waals surface area contributed by atoms with E-state index >= 15 is 0 Å². The second-order valence-electron chi connectivity index (χ2n) is 4.29. The molecule has 1 rings (SSSR count). The number of aromatic nitrogens is 2. The van der Waals surface area contributed by atoms with Gasteiger partial charge in [-0.1, -0.05) is 6.92 Å². The molecule has 2 N–H and O–H groups in total. The summed E-state index contributed by atoms with van der Waals surface area (Å²) in [7, 11) is 1.88. The first-order chi connectivity index (χ1) is 8.11. The highest BCUT2D eigenvalue weighted by Crippen LogP contribution is 2.00. The van der Waals surface area contributed by atoms with Crippen LogP contribution in [0.15, 0.2) is 12.4 Å². The topological polar surface area (TPSA) is 58.9 Å². The molecule has 1 amide bonds. The zero-order chi connectivity index (χ0) is 12.7. The van der Waals surface area contributed by atoms with E-state index in [2.05, 4.69) is 29.6 Å². The van der Waals surface area contributed by atoms with Gasteiger partial charge in [0.05, 0.1) is 6.20 Å². The molecule has 0 spiro atoms. The van der Waals surface area contributed by atoms with Gasteiger partial charge in [-0.25, -0.2) is 0 Å². The normalized spacial score (nSPS) is 11.1. The maximum absolute atomic E-state index is 11.6. The van der Waals surface area contributed by atoms with Crippen molar-refractivity contribution in [1.29, 1.82) is 0 Å². The highest BCUT2D eigenvalue weighted by molar-refractivity contribution is 5.85. The minimum Gasteiger partial charge on any atom is -0.355 e. The van der Waals surface area contributed by atoms with Gasteiger partial charge in [0.25, 0.3) is 0 Å². The summed E-state index contributed by atoms with van der Waals surface area (Å²) in [6.45, 7) is 5.72. The van der Waals surface area contributed by atoms with Crippen molar-refractivity contribution >= 4 is 30.7 Å². The van der Waals surface area contributed by atoms with E-state index in [-0.39, 0.29) is 30.7 Å². The van der Waals surface area contributed by atoms with Crippen LogP contribution in [0, 0.1) is 0 Å². The molecule has 0 saturated heterocycles. The van der Waals surface area contributed by atoms with Gasteiger partial charge in [0.2, 0.25) is 5.91 Å². The monoisotopic (exact) mass is 310 g/mol. The number of aryl methyl sites for hydroxylation is 2. The van der Waals surface area contributed by atoms with Crippen molar-refractivity contribution < 1.29 is 4.79 Å². The summed E-state index contributed by atoms with van der Waals surface area (Å²) >= 11 is 0. The first-order valence-corrected chi connectivity index (χ1v) is 6.09. The van der Waals surface area contributed by atoms with E-state index in [0.29, 0.717) is 19.0 Å². The number of rotatable bonds is 7. The lowest BCUT2D eigenvalue weighted by Crippen LogP contribution is -2.38. The molecule has 112 valence electrons. The van der Waals surface area contributed by atoms with Crippen molar-refractivity contribution in [3.63, 3.8) is 0 Å². The van der Waals surface area contributed by atoms with Crippen LogP contribution < -0.4 is 10.6 Å². The Balaban J connectivity index is 0. The molecule has 0 aliphatic carbocycles. The standard InChI is InChI=1S/C12H22N4O.2ClH/c1-4-13-10(2)7-14-12(17)6-5-11-8-15-16(3)9-11;;/h8-10,13H,4-7H2,1-3H3,(H,14,17);2*1H/t10-;;/m1../s1.